The number of hydrazone groups is 1. The van der Waals surface area contributed by atoms with E-state index in [4.69, 9.17) is 14.8 Å². The van der Waals surface area contributed by atoms with E-state index in [0.29, 0.717) is 54.8 Å². The molecule has 1 saturated heterocycles. The van der Waals surface area contributed by atoms with E-state index in [1.54, 1.807) is 53.5 Å². The fourth-order valence-electron chi connectivity index (χ4n) is 4.84. The summed E-state index contributed by atoms with van der Waals surface area (Å²) < 4.78 is 46.4. The number of benzene rings is 3. The highest BCUT2D eigenvalue weighted by molar-refractivity contribution is 7.89. The van der Waals surface area contributed by atoms with Crippen molar-refractivity contribution >= 4 is 37.9 Å². The van der Waals surface area contributed by atoms with Crippen LogP contribution in [0.25, 0.3) is 11.3 Å². The van der Waals surface area contributed by atoms with Crippen molar-refractivity contribution in [2.75, 3.05) is 31.3 Å². The number of thiazole rings is 1. The molecule has 10 nitrogen and oxygen atoms in total. The summed E-state index contributed by atoms with van der Waals surface area (Å²) in [6, 6.07) is 18.8. The summed E-state index contributed by atoms with van der Waals surface area (Å²) in [6.07, 6.45) is 0.440. The van der Waals surface area contributed by atoms with Gasteiger partial charge in [0.2, 0.25) is 15.2 Å². The molecule has 0 bridgehead atoms. The first-order valence-corrected chi connectivity index (χ1v) is 15.1. The van der Waals surface area contributed by atoms with Crippen molar-refractivity contribution in [2.45, 2.75) is 17.4 Å². The molecule has 3 heterocycles. The van der Waals surface area contributed by atoms with Crippen LogP contribution in [0.3, 0.4) is 0 Å². The van der Waals surface area contributed by atoms with Gasteiger partial charge >= 0.3 is 0 Å². The van der Waals surface area contributed by atoms with Crippen LogP contribution in [0.5, 0.6) is 0 Å². The first-order valence-electron chi connectivity index (χ1n) is 12.8. The zero-order chi connectivity index (χ0) is 28.6. The van der Waals surface area contributed by atoms with Crippen LogP contribution in [-0.2, 0) is 14.8 Å². The Bertz CT molecular complexity index is 1720. The second-order valence-corrected chi connectivity index (χ2v) is 12.3. The summed E-state index contributed by atoms with van der Waals surface area (Å²) in [5, 5.41) is 20.3. The molecule has 0 N–H and O–H groups in total. The Kier molecular flexibility index (Phi) is 7.34. The van der Waals surface area contributed by atoms with Crippen LogP contribution >= 0.6 is 11.3 Å². The number of aromatic nitrogens is 1. The molecule has 2 aliphatic heterocycles. The number of morpholine rings is 1. The zero-order valence-corrected chi connectivity index (χ0v) is 23.2. The SMILES string of the molecule is O=[N+]([O-])c1cccc(C2=NN(c3nc(-c4ccc(S(=O)(=O)N5CCOCC5)cc4)cs3)C(c3ccc(F)cc3)C2)c1. The van der Waals surface area contributed by atoms with Crippen LogP contribution in [0.4, 0.5) is 15.2 Å². The van der Waals surface area contributed by atoms with Gasteiger partial charge in [0.05, 0.1) is 40.5 Å². The Morgan fingerprint density at radius 1 is 1.00 bits per heavy atom. The minimum absolute atomic E-state index is 0.0300. The predicted octanol–water partition coefficient (Wildman–Crippen LogP) is 5.23. The Balaban J connectivity index is 1.30. The monoisotopic (exact) mass is 593 g/mol. The summed E-state index contributed by atoms with van der Waals surface area (Å²) in [5.41, 5.74) is 3.47. The third kappa shape index (κ3) is 5.48. The van der Waals surface area contributed by atoms with Crippen LogP contribution in [0.15, 0.2) is 88.2 Å². The largest absolute Gasteiger partial charge is 0.379 e. The lowest BCUT2D eigenvalue weighted by atomic mass is 9.98. The second-order valence-electron chi connectivity index (χ2n) is 9.53. The average Bonchev–Trinajstić information content (AvgIpc) is 3.66. The van der Waals surface area contributed by atoms with E-state index >= 15 is 0 Å². The lowest BCUT2D eigenvalue weighted by Crippen LogP contribution is -2.40. The molecule has 2 aliphatic rings. The summed E-state index contributed by atoms with van der Waals surface area (Å²) in [5.74, 6) is -0.353. The maximum absolute atomic E-state index is 13.7. The average molecular weight is 594 g/mol. The molecule has 4 aromatic rings. The van der Waals surface area contributed by atoms with Crippen LogP contribution in [-0.4, -0.2) is 54.6 Å². The second kappa shape index (κ2) is 11.1. The molecule has 0 saturated carbocycles. The molecule has 1 fully saturated rings. The van der Waals surface area contributed by atoms with Gasteiger partial charge in [-0.1, -0.05) is 36.4 Å². The highest BCUT2D eigenvalue weighted by atomic mass is 32.2. The van der Waals surface area contributed by atoms with E-state index in [2.05, 4.69) is 0 Å². The molecule has 41 heavy (non-hydrogen) atoms. The van der Waals surface area contributed by atoms with Crippen LogP contribution < -0.4 is 5.01 Å². The lowest BCUT2D eigenvalue weighted by Gasteiger charge is -2.26. The van der Waals surface area contributed by atoms with Crippen LogP contribution in [0.1, 0.15) is 23.6 Å². The van der Waals surface area contributed by atoms with Gasteiger partial charge in [0.25, 0.3) is 5.69 Å². The summed E-state index contributed by atoms with van der Waals surface area (Å²) in [4.78, 5) is 15.9. The molecule has 0 spiro atoms. The first kappa shape index (κ1) is 27.1. The van der Waals surface area contributed by atoms with Crippen molar-refractivity contribution in [3.63, 3.8) is 0 Å². The zero-order valence-electron chi connectivity index (χ0n) is 21.6. The van der Waals surface area contributed by atoms with Gasteiger partial charge in [-0.15, -0.1) is 11.3 Å². The van der Waals surface area contributed by atoms with E-state index in [-0.39, 0.29) is 22.4 Å². The van der Waals surface area contributed by atoms with Gasteiger partial charge in [-0.25, -0.2) is 22.8 Å². The van der Waals surface area contributed by atoms with E-state index in [9.17, 15) is 22.9 Å². The Morgan fingerprint density at radius 2 is 1.73 bits per heavy atom. The van der Waals surface area contributed by atoms with Gasteiger partial charge in [0.1, 0.15) is 5.82 Å². The van der Waals surface area contributed by atoms with Crippen molar-refractivity contribution in [1.82, 2.24) is 9.29 Å². The third-order valence-corrected chi connectivity index (χ3v) is 9.74. The summed E-state index contributed by atoms with van der Waals surface area (Å²) in [6.45, 7) is 1.40. The number of halogens is 1. The topological polar surface area (TPSA) is 118 Å². The van der Waals surface area contributed by atoms with Gasteiger partial charge in [0, 0.05) is 48.2 Å². The number of hydrogen-bond acceptors (Lipinski definition) is 9. The van der Waals surface area contributed by atoms with Gasteiger partial charge in [-0.2, -0.15) is 9.41 Å². The molecular formula is C28H24FN5O5S2. The third-order valence-electron chi connectivity index (χ3n) is 7.00. The number of ether oxygens (including phenoxy) is 1. The fourth-order valence-corrected chi connectivity index (χ4v) is 7.08. The minimum atomic E-state index is -3.61. The summed E-state index contributed by atoms with van der Waals surface area (Å²) in [7, 11) is -3.61. The minimum Gasteiger partial charge on any atom is -0.379 e. The quantitative estimate of drug-likeness (QED) is 0.213. The van der Waals surface area contributed by atoms with Crippen molar-refractivity contribution < 1.29 is 22.5 Å². The molecule has 1 atom stereocenters. The fraction of sp³-hybridized carbons (Fsp3) is 0.214. The molecule has 0 radical (unpaired) electrons. The summed E-state index contributed by atoms with van der Waals surface area (Å²) >= 11 is 1.37. The Hall–Kier alpha value is -4.04. The normalized spacial score (nSPS) is 17.9. The van der Waals surface area contributed by atoms with E-state index in [1.165, 1.54) is 39.9 Å². The van der Waals surface area contributed by atoms with E-state index < -0.39 is 14.9 Å². The van der Waals surface area contributed by atoms with Crippen molar-refractivity contribution in [2.24, 2.45) is 5.10 Å². The number of rotatable bonds is 7. The highest BCUT2D eigenvalue weighted by Gasteiger charge is 2.32. The molecule has 0 aliphatic carbocycles. The van der Waals surface area contributed by atoms with Crippen molar-refractivity contribution in [3.05, 3.63) is 105 Å². The smallest absolute Gasteiger partial charge is 0.270 e. The number of nitrogens with zero attached hydrogens (tertiary/aromatic N) is 5. The number of nitro groups is 1. The molecule has 1 unspecified atom stereocenters. The molecule has 6 rings (SSSR count). The standard InChI is InChI=1S/C28H24FN5O5S2/c29-22-8-4-20(5-9-22)27-17-25(21-2-1-3-23(16-21)34(35)36)31-33(27)28-30-26(18-40-28)19-6-10-24(11-7-19)41(37,38)32-12-14-39-15-13-32/h1-11,16,18,27H,12-15,17H2. The van der Waals surface area contributed by atoms with Crippen molar-refractivity contribution in [1.29, 1.82) is 0 Å². The molecule has 13 heteroatoms. The Morgan fingerprint density at radius 3 is 2.44 bits per heavy atom. The number of anilines is 1. The van der Waals surface area contributed by atoms with E-state index in [1.807, 2.05) is 5.38 Å². The van der Waals surface area contributed by atoms with Gasteiger partial charge in [-0.05, 0) is 29.8 Å². The molecule has 0 amide bonds. The van der Waals surface area contributed by atoms with Gasteiger partial charge in [0.15, 0.2) is 0 Å². The van der Waals surface area contributed by atoms with Gasteiger partial charge < -0.3 is 4.74 Å². The first-order chi connectivity index (χ1) is 19.8. The molecular weight excluding hydrogens is 569 g/mol. The van der Waals surface area contributed by atoms with Crippen molar-refractivity contribution in [3.8, 4) is 11.3 Å². The predicted molar refractivity (Wildman–Crippen MR) is 153 cm³/mol. The Labute approximate surface area is 239 Å². The number of hydrogen-bond donors (Lipinski definition) is 0. The van der Waals surface area contributed by atoms with Crippen LogP contribution in [0.2, 0.25) is 0 Å². The van der Waals surface area contributed by atoms with E-state index in [0.717, 1.165) is 11.1 Å². The molecule has 210 valence electrons. The molecule has 1 aromatic heterocycles. The van der Waals surface area contributed by atoms with Gasteiger partial charge in [-0.3, -0.25) is 10.1 Å². The lowest BCUT2D eigenvalue weighted by molar-refractivity contribution is -0.384. The number of non-ortho nitro benzene ring substituents is 1. The van der Waals surface area contributed by atoms with Crippen LogP contribution in [0, 0.1) is 15.9 Å². The molecule has 3 aromatic carbocycles. The maximum Gasteiger partial charge on any atom is 0.270 e. The number of nitro benzene ring substituents is 1. The maximum atomic E-state index is 13.7. The highest BCUT2D eigenvalue weighted by Crippen LogP contribution is 2.40. The number of sulfonamides is 1.